The van der Waals surface area contributed by atoms with Crippen LogP contribution in [0.5, 0.6) is 0 Å². The van der Waals surface area contributed by atoms with Gasteiger partial charge in [0.2, 0.25) is 0 Å². The van der Waals surface area contributed by atoms with E-state index in [1.54, 1.807) is 36.7 Å². The molecule has 0 N–H and O–H groups in total. The molecule has 5 aromatic rings. The van der Waals surface area contributed by atoms with Crippen molar-refractivity contribution < 1.29 is 31.4 Å². The third kappa shape index (κ3) is 3.66. The Kier molecular flexibility index (Phi) is 5.73. The third-order valence-corrected chi connectivity index (χ3v) is 6.01. The summed E-state index contributed by atoms with van der Waals surface area (Å²) in [6.45, 7) is 0. The molecule has 30 heavy (non-hydrogen) atoms. The van der Waals surface area contributed by atoms with Crippen molar-refractivity contribution in [2.75, 3.05) is 0 Å². The van der Waals surface area contributed by atoms with Crippen molar-refractivity contribution in [3.05, 3.63) is 89.9 Å². The Hall–Kier alpha value is -2.92. The van der Waals surface area contributed by atoms with Gasteiger partial charge in [0.1, 0.15) is 10.0 Å². The van der Waals surface area contributed by atoms with E-state index in [0.717, 1.165) is 27.1 Å². The van der Waals surface area contributed by atoms with Crippen LogP contribution in [0.25, 0.3) is 37.3 Å². The summed E-state index contributed by atoms with van der Waals surface area (Å²) in [5.74, 6) is 0. The van der Waals surface area contributed by atoms with Gasteiger partial charge >= 0.3 is 22.9 Å². The fourth-order valence-corrected chi connectivity index (χ4v) is 4.61. The van der Waals surface area contributed by atoms with E-state index in [1.165, 1.54) is 25.8 Å². The van der Waals surface area contributed by atoms with Crippen molar-refractivity contribution in [1.29, 1.82) is 0 Å². The average molecular weight is 510 g/mol. The van der Waals surface area contributed by atoms with Crippen LogP contribution >= 0.6 is 0 Å². The zero-order chi connectivity index (χ0) is 21.1. The van der Waals surface area contributed by atoms with Crippen LogP contribution in [0.1, 0.15) is 0 Å². The molecule has 0 unspecified atom stereocenters. The number of benzene rings is 3. The predicted octanol–water partition coefficient (Wildman–Crippen LogP) is 5.75. The van der Waals surface area contributed by atoms with Crippen LogP contribution in [0.3, 0.4) is 0 Å². The van der Waals surface area contributed by atoms with Crippen LogP contribution in [0.15, 0.2) is 90.1 Å². The summed E-state index contributed by atoms with van der Waals surface area (Å²) in [6.07, 6.45) is 3.28. The first kappa shape index (κ1) is 20.4. The maximum absolute atomic E-state index is 13.2. The van der Waals surface area contributed by atoms with E-state index in [9.17, 15) is 11.6 Å². The van der Waals surface area contributed by atoms with Crippen molar-refractivity contribution in [3.8, 4) is 0 Å². The fourth-order valence-electron chi connectivity index (χ4n) is 3.43. The number of nitrogens with zero attached hydrogens (tertiary/aromatic N) is 3. The van der Waals surface area contributed by atoms with Gasteiger partial charge in [-0.05, 0) is 29.0 Å². The molecule has 152 valence electrons. The third-order valence-electron chi connectivity index (χ3n) is 4.69. The minimum absolute atomic E-state index is 0.0933. The summed E-state index contributed by atoms with van der Waals surface area (Å²) in [6, 6.07) is 21.8. The van der Waals surface area contributed by atoms with E-state index in [-0.39, 0.29) is 4.90 Å². The molecule has 0 radical (unpaired) electrons. The molecular formula is C22H14FN3O2PdS. The Morgan fingerprint density at radius 2 is 1.27 bits per heavy atom. The first-order chi connectivity index (χ1) is 14.6. The Labute approximate surface area is 184 Å². The van der Waals surface area contributed by atoms with E-state index < -0.39 is 10.0 Å². The molecule has 3 aromatic carbocycles. The molecule has 0 atom stereocenters. The van der Waals surface area contributed by atoms with Crippen LogP contribution < -0.4 is 0 Å². The second-order valence-corrected chi connectivity index (χ2v) is 7.99. The second kappa shape index (κ2) is 8.44. The van der Waals surface area contributed by atoms with E-state index >= 15 is 0 Å². The predicted molar refractivity (Wildman–Crippen MR) is 112 cm³/mol. The normalized spacial score (nSPS) is 11.3. The van der Waals surface area contributed by atoms with Crippen LogP contribution in [0, 0.1) is 0 Å². The molecule has 0 aliphatic rings. The molecule has 0 saturated heterocycles. The summed E-state index contributed by atoms with van der Waals surface area (Å²) in [5.41, 5.74) is 1.51. The van der Waals surface area contributed by atoms with E-state index in [4.69, 9.17) is 0 Å². The average Bonchev–Trinajstić information content (AvgIpc) is 2.79. The quantitative estimate of drug-likeness (QED) is 0.229. The first-order valence-electron chi connectivity index (χ1n) is 8.84. The molecule has 0 fully saturated rings. The zero-order valence-electron chi connectivity index (χ0n) is 15.3. The summed E-state index contributed by atoms with van der Waals surface area (Å²) in [5, 5.41) is 3.29. The Morgan fingerprint density at radius 3 is 2.03 bits per heavy atom. The number of aromatic nitrogens is 2. The van der Waals surface area contributed by atoms with Gasteiger partial charge < -0.3 is 4.72 Å². The summed E-state index contributed by atoms with van der Waals surface area (Å²) in [7, 11) is -3.97. The maximum atomic E-state index is 13.2. The number of pyridine rings is 2. The van der Waals surface area contributed by atoms with Gasteiger partial charge in [-0.15, -0.1) is 5.69 Å². The number of sulfonamides is 1. The molecule has 0 amide bonds. The molecule has 5 rings (SSSR count). The fraction of sp³-hybridized carbons (Fsp3) is 0. The molecule has 2 aromatic heterocycles. The van der Waals surface area contributed by atoms with Gasteiger partial charge in [0.05, 0.1) is 15.9 Å². The standard InChI is InChI=1S/C22H14N3O2S.FH.Pd/c26-28(27,19-10-2-6-16-7-3-13-23-21(16)19)25-18-9-1-5-15-11-12-17-8-4-14-24-22(17)20(15)18;;/h1-14H;1H;/q-1;;+2/p-1. The van der Waals surface area contributed by atoms with Crippen molar-refractivity contribution in [1.82, 2.24) is 9.97 Å². The SMILES string of the molecule is O=S(=O)([N-]c1cccc2ccc3cccnc3c12)c1cccc2cccnc12.[F][Pd+]. The van der Waals surface area contributed by atoms with Gasteiger partial charge in [-0.2, -0.15) is 0 Å². The summed E-state index contributed by atoms with van der Waals surface area (Å²) >= 11 is 1.25. The van der Waals surface area contributed by atoms with Crippen molar-refractivity contribution in [2.24, 2.45) is 0 Å². The number of hydrogen-bond donors (Lipinski definition) is 0. The van der Waals surface area contributed by atoms with E-state index in [1.807, 2.05) is 42.5 Å². The van der Waals surface area contributed by atoms with Crippen molar-refractivity contribution in [2.45, 2.75) is 4.90 Å². The van der Waals surface area contributed by atoms with Crippen molar-refractivity contribution in [3.63, 3.8) is 0 Å². The monoisotopic (exact) mass is 509 g/mol. The molecule has 0 bridgehead atoms. The van der Waals surface area contributed by atoms with Crippen LogP contribution in [-0.2, 0) is 29.7 Å². The van der Waals surface area contributed by atoms with E-state index in [2.05, 4.69) is 14.7 Å². The van der Waals surface area contributed by atoms with Crippen LogP contribution in [-0.4, -0.2) is 18.4 Å². The topological polar surface area (TPSA) is 74.0 Å². The molecule has 0 aliphatic heterocycles. The number of halogens is 1. The van der Waals surface area contributed by atoms with Crippen LogP contribution in [0.2, 0.25) is 0 Å². The van der Waals surface area contributed by atoms with Crippen molar-refractivity contribution >= 4 is 48.3 Å². The second-order valence-electron chi connectivity index (χ2n) is 6.41. The number of hydrogen-bond acceptors (Lipinski definition) is 4. The minimum atomic E-state index is -3.97. The molecular weight excluding hydrogens is 496 g/mol. The number of fused-ring (bicyclic) bond motifs is 4. The molecule has 5 nitrogen and oxygen atoms in total. The molecule has 2 heterocycles. The number of rotatable bonds is 3. The van der Waals surface area contributed by atoms with Gasteiger partial charge in [0.25, 0.3) is 0 Å². The van der Waals surface area contributed by atoms with E-state index in [0.29, 0.717) is 11.2 Å². The Bertz CT molecular complexity index is 1470. The van der Waals surface area contributed by atoms with Gasteiger partial charge in [-0.25, -0.2) is 8.42 Å². The molecule has 8 heteroatoms. The van der Waals surface area contributed by atoms with Gasteiger partial charge in [0, 0.05) is 23.2 Å². The molecule has 0 spiro atoms. The van der Waals surface area contributed by atoms with Gasteiger partial charge in [-0.1, -0.05) is 54.6 Å². The molecule has 0 aliphatic carbocycles. The first-order valence-corrected chi connectivity index (χ1v) is 10.9. The Balaban J connectivity index is 0.00000106. The zero-order valence-corrected chi connectivity index (χ0v) is 17.7. The molecule has 0 saturated carbocycles. The Morgan fingerprint density at radius 1 is 0.700 bits per heavy atom. The van der Waals surface area contributed by atoms with Crippen LogP contribution in [0.4, 0.5) is 8.91 Å². The summed E-state index contributed by atoms with van der Waals surface area (Å²) < 4.78 is 39.9. The number of para-hydroxylation sites is 1. The summed E-state index contributed by atoms with van der Waals surface area (Å²) in [4.78, 5) is 8.80. The van der Waals surface area contributed by atoms with Gasteiger partial charge in [0.15, 0.2) is 0 Å². The van der Waals surface area contributed by atoms with Gasteiger partial charge in [-0.3, -0.25) is 9.97 Å².